The molecule has 0 aromatic heterocycles. The molecule has 0 saturated carbocycles. The Bertz CT molecular complexity index is 515. The first-order valence-corrected chi connectivity index (χ1v) is 17.9. The van der Waals surface area contributed by atoms with Crippen molar-refractivity contribution in [3.63, 3.8) is 0 Å². The van der Waals surface area contributed by atoms with Gasteiger partial charge in [-0.1, -0.05) is 159 Å². The number of allylic oxidation sites excluding steroid dienone is 6. The van der Waals surface area contributed by atoms with E-state index in [1.807, 2.05) is 0 Å². The van der Waals surface area contributed by atoms with E-state index in [1.54, 1.807) is 0 Å². The Morgan fingerprint density at radius 3 is 0.949 bits per heavy atom. The summed E-state index contributed by atoms with van der Waals surface area (Å²) in [5.74, 6) is 0. The summed E-state index contributed by atoms with van der Waals surface area (Å²) < 4.78 is 0. The maximum Gasteiger partial charge on any atom is -0.00248 e. The molecule has 1 heteroatoms. The van der Waals surface area contributed by atoms with Crippen LogP contribution in [0.4, 0.5) is 0 Å². The highest BCUT2D eigenvalue weighted by Crippen LogP contribution is 2.14. The predicted octanol–water partition coefficient (Wildman–Crippen LogP) is 13.2. The monoisotopic (exact) mass is 544 g/mol. The van der Waals surface area contributed by atoms with Gasteiger partial charge < -0.3 is 4.90 Å². The maximum atomic E-state index is 2.44. The van der Waals surface area contributed by atoms with Crippen LogP contribution in [-0.2, 0) is 0 Å². The van der Waals surface area contributed by atoms with Crippen molar-refractivity contribution in [2.75, 3.05) is 20.6 Å². The number of rotatable bonds is 32. The van der Waals surface area contributed by atoms with Gasteiger partial charge in [0.2, 0.25) is 0 Å². The fourth-order valence-corrected chi connectivity index (χ4v) is 5.30. The molecule has 0 atom stereocenters. The molecule has 0 bridgehead atoms. The van der Waals surface area contributed by atoms with Crippen LogP contribution in [0, 0.1) is 0 Å². The topological polar surface area (TPSA) is 3.24 Å². The summed E-state index contributed by atoms with van der Waals surface area (Å²) in [4.78, 5) is 2.29. The molecule has 0 radical (unpaired) electrons. The molecule has 1 nitrogen and oxygen atoms in total. The standard InChI is InChI=1S/C38H73N/c1-4-5-6-7-8-9-10-11-12-13-14-15-16-17-18-19-20-21-22-23-24-25-26-27-28-29-30-31-32-33-34-35-36-37-38-39(2)3/h11-12,26-27,29-30H,4-10,13-25,28,31-38H2,1-3H3/b12-11-,27-26-,30-29-. The van der Waals surface area contributed by atoms with E-state index in [1.165, 1.54) is 180 Å². The fourth-order valence-electron chi connectivity index (χ4n) is 5.30. The van der Waals surface area contributed by atoms with Gasteiger partial charge in [-0.05, 0) is 84.8 Å². The molecule has 0 rings (SSSR count). The first kappa shape index (κ1) is 38.2. The smallest absolute Gasteiger partial charge is 0.00248 e. The Morgan fingerprint density at radius 1 is 0.333 bits per heavy atom. The molecule has 39 heavy (non-hydrogen) atoms. The molecule has 0 unspecified atom stereocenters. The van der Waals surface area contributed by atoms with Gasteiger partial charge in [-0.2, -0.15) is 0 Å². The summed E-state index contributed by atoms with van der Waals surface area (Å²) in [5, 5.41) is 0. The van der Waals surface area contributed by atoms with Crippen molar-refractivity contribution in [2.45, 2.75) is 187 Å². The van der Waals surface area contributed by atoms with E-state index in [4.69, 9.17) is 0 Å². The van der Waals surface area contributed by atoms with E-state index < -0.39 is 0 Å². The summed E-state index contributed by atoms with van der Waals surface area (Å²) >= 11 is 0. The molecule has 0 aliphatic carbocycles. The molecule has 0 N–H and O–H groups in total. The Kier molecular flexibility index (Phi) is 34.5. The van der Waals surface area contributed by atoms with Gasteiger partial charge in [-0.15, -0.1) is 0 Å². The molecular formula is C38H73N. The van der Waals surface area contributed by atoms with Crippen LogP contribution >= 0.6 is 0 Å². The van der Waals surface area contributed by atoms with Crippen LogP contribution in [-0.4, -0.2) is 25.5 Å². The lowest BCUT2D eigenvalue weighted by Crippen LogP contribution is -2.12. The molecule has 0 aromatic rings. The summed E-state index contributed by atoms with van der Waals surface area (Å²) in [6.45, 7) is 3.54. The highest BCUT2D eigenvalue weighted by Gasteiger charge is 1.94. The highest BCUT2D eigenvalue weighted by atomic mass is 15.0. The zero-order chi connectivity index (χ0) is 28.3. The molecule has 230 valence electrons. The van der Waals surface area contributed by atoms with Gasteiger partial charge in [0.25, 0.3) is 0 Å². The molecule has 0 saturated heterocycles. The average Bonchev–Trinajstić information content (AvgIpc) is 2.93. The minimum Gasteiger partial charge on any atom is -0.309 e. The second-order valence-corrected chi connectivity index (χ2v) is 12.4. The van der Waals surface area contributed by atoms with Crippen LogP contribution in [0.15, 0.2) is 36.5 Å². The molecule has 0 aliphatic heterocycles. The van der Waals surface area contributed by atoms with Gasteiger partial charge in [0.05, 0.1) is 0 Å². The zero-order valence-corrected chi connectivity index (χ0v) is 27.4. The normalized spacial score (nSPS) is 12.3. The van der Waals surface area contributed by atoms with Gasteiger partial charge in [0.15, 0.2) is 0 Å². The largest absolute Gasteiger partial charge is 0.309 e. The minimum atomic E-state index is 1.13. The molecule has 0 amide bonds. The van der Waals surface area contributed by atoms with Gasteiger partial charge in [0.1, 0.15) is 0 Å². The highest BCUT2D eigenvalue weighted by molar-refractivity contribution is 4.92. The number of nitrogens with zero attached hydrogens (tertiary/aromatic N) is 1. The average molecular weight is 544 g/mol. The van der Waals surface area contributed by atoms with E-state index in [-0.39, 0.29) is 0 Å². The first-order chi connectivity index (χ1) is 19.3. The molecule has 0 spiro atoms. The lowest BCUT2D eigenvalue weighted by molar-refractivity contribution is 0.389. The fraction of sp³-hybridized carbons (Fsp3) is 0.842. The third-order valence-electron chi connectivity index (χ3n) is 7.96. The van der Waals surface area contributed by atoms with Crippen LogP contribution in [0.25, 0.3) is 0 Å². The second kappa shape index (κ2) is 35.2. The van der Waals surface area contributed by atoms with Crippen LogP contribution in [0.2, 0.25) is 0 Å². The zero-order valence-electron chi connectivity index (χ0n) is 27.4. The number of hydrogen-bond acceptors (Lipinski definition) is 1. The van der Waals surface area contributed by atoms with Gasteiger partial charge in [-0.3, -0.25) is 0 Å². The summed E-state index contributed by atoms with van der Waals surface area (Å²) in [5.41, 5.74) is 0. The SMILES string of the molecule is CCCCCCCC/C=C\CCCCCCCCCCCCC/C=C\C/C=C\CCCCCCCCN(C)C. The molecule has 0 aliphatic rings. The lowest BCUT2D eigenvalue weighted by Gasteiger charge is -2.08. The maximum absolute atomic E-state index is 2.44. The van der Waals surface area contributed by atoms with Crippen LogP contribution < -0.4 is 0 Å². The van der Waals surface area contributed by atoms with Crippen LogP contribution in [0.3, 0.4) is 0 Å². The van der Waals surface area contributed by atoms with Crippen molar-refractivity contribution in [3.05, 3.63) is 36.5 Å². The molecule has 0 fully saturated rings. The van der Waals surface area contributed by atoms with Crippen LogP contribution in [0.5, 0.6) is 0 Å². The van der Waals surface area contributed by atoms with Crippen molar-refractivity contribution in [3.8, 4) is 0 Å². The van der Waals surface area contributed by atoms with E-state index >= 15 is 0 Å². The van der Waals surface area contributed by atoms with Crippen LogP contribution in [0.1, 0.15) is 187 Å². The van der Waals surface area contributed by atoms with Crippen molar-refractivity contribution in [1.29, 1.82) is 0 Å². The number of unbranched alkanes of at least 4 members (excludes halogenated alkanes) is 24. The summed E-state index contributed by atoms with van der Waals surface area (Å²) in [7, 11) is 4.34. The van der Waals surface area contributed by atoms with Crippen molar-refractivity contribution < 1.29 is 0 Å². The summed E-state index contributed by atoms with van der Waals surface area (Å²) in [6.07, 6.45) is 53.3. The molecule has 0 heterocycles. The number of hydrogen-bond donors (Lipinski definition) is 0. The van der Waals surface area contributed by atoms with Gasteiger partial charge in [-0.25, -0.2) is 0 Å². The van der Waals surface area contributed by atoms with Crippen molar-refractivity contribution in [2.24, 2.45) is 0 Å². The Morgan fingerprint density at radius 2 is 0.615 bits per heavy atom. The van der Waals surface area contributed by atoms with E-state index in [9.17, 15) is 0 Å². The third kappa shape index (κ3) is 37.2. The Hall–Kier alpha value is -0.820. The van der Waals surface area contributed by atoms with E-state index in [0.717, 1.165) is 6.42 Å². The first-order valence-electron chi connectivity index (χ1n) is 17.9. The van der Waals surface area contributed by atoms with Gasteiger partial charge >= 0.3 is 0 Å². The molecular weight excluding hydrogens is 470 g/mol. The van der Waals surface area contributed by atoms with Gasteiger partial charge in [0, 0.05) is 0 Å². The quantitative estimate of drug-likeness (QED) is 0.0602. The van der Waals surface area contributed by atoms with Crippen molar-refractivity contribution >= 4 is 0 Å². The predicted molar refractivity (Wildman–Crippen MR) is 181 cm³/mol. The lowest BCUT2D eigenvalue weighted by atomic mass is 10.0. The minimum absolute atomic E-state index is 1.13. The second-order valence-electron chi connectivity index (χ2n) is 12.4. The van der Waals surface area contributed by atoms with Crippen molar-refractivity contribution in [1.82, 2.24) is 4.90 Å². The van der Waals surface area contributed by atoms with E-state index in [0.29, 0.717) is 0 Å². The molecule has 0 aromatic carbocycles. The van der Waals surface area contributed by atoms with E-state index in [2.05, 4.69) is 62.4 Å². The third-order valence-corrected chi connectivity index (χ3v) is 7.96. The Balaban J connectivity index is 3.18. The Labute approximate surface area is 248 Å². The summed E-state index contributed by atoms with van der Waals surface area (Å²) in [6, 6.07) is 0.